The minimum Gasteiger partial charge on any atom is -0.496 e. The fourth-order valence-electron chi connectivity index (χ4n) is 5.28. The molecule has 5 amide bonds. The van der Waals surface area contributed by atoms with E-state index in [9.17, 15) is 19.2 Å². The number of hydrogen-bond acceptors (Lipinski definition) is 6. The molecule has 1 aliphatic rings. The van der Waals surface area contributed by atoms with Crippen molar-refractivity contribution in [2.24, 2.45) is 11.7 Å². The van der Waals surface area contributed by atoms with Crippen molar-refractivity contribution >= 4 is 29.4 Å². The summed E-state index contributed by atoms with van der Waals surface area (Å²) in [6.07, 6.45) is 0.146. The van der Waals surface area contributed by atoms with Crippen LogP contribution in [0.15, 0.2) is 48.5 Å². The zero-order valence-electron chi connectivity index (χ0n) is 24.9. The summed E-state index contributed by atoms with van der Waals surface area (Å²) in [5.74, 6) is -2.57. The number of benzene rings is 3. The van der Waals surface area contributed by atoms with Crippen molar-refractivity contribution in [3.8, 4) is 28.0 Å². The average molecular weight is 590 g/mol. The van der Waals surface area contributed by atoms with Gasteiger partial charge in [-0.05, 0) is 65.4 Å². The molecule has 10 nitrogen and oxygen atoms in total. The second kappa shape index (κ2) is 13.0. The molecule has 43 heavy (non-hydrogen) atoms. The Morgan fingerprint density at radius 3 is 2.35 bits per heavy atom. The Labute approximate surface area is 250 Å². The summed E-state index contributed by atoms with van der Waals surface area (Å²) in [6, 6.07) is 14.1. The Morgan fingerprint density at radius 2 is 1.67 bits per heavy atom. The lowest BCUT2D eigenvalue weighted by Crippen LogP contribution is -2.56. The Morgan fingerprint density at radius 1 is 1.02 bits per heavy atom. The van der Waals surface area contributed by atoms with Gasteiger partial charge in [-0.1, -0.05) is 30.3 Å². The first-order valence-corrected chi connectivity index (χ1v) is 13.8. The van der Waals surface area contributed by atoms with E-state index in [0.717, 1.165) is 32.7 Å². The van der Waals surface area contributed by atoms with Gasteiger partial charge in [-0.15, -0.1) is 0 Å². The highest BCUT2D eigenvalue weighted by Crippen LogP contribution is 2.37. The molecule has 3 aromatic rings. The second-order valence-electron chi connectivity index (χ2n) is 10.6. The van der Waals surface area contributed by atoms with Gasteiger partial charge in [0, 0.05) is 51.4 Å². The van der Waals surface area contributed by atoms with E-state index in [0.29, 0.717) is 29.1 Å². The molecular weight excluding hydrogens is 553 g/mol. The number of carbonyl (C=O) groups excluding carboxylic acids is 4. The molecule has 0 spiro atoms. The number of nitrogens with one attached hydrogen (secondary N) is 2. The first-order valence-electron chi connectivity index (χ1n) is 13.8. The highest BCUT2D eigenvalue weighted by molar-refractivity contribution is 6.12. The van der Waals surface area contributed by atoms with Gasteiger partial charge in [0.1, 0.15) is 17.5 Å². The molecule has 1 fully saturated rings. The number of nitrogens with zero attached hydrogens (tertiary/aromatic N) is 2. The molecule has 3 aromatic carbocycles. The fraction of sp³-hybridized carbons (Fsp3) is 0.312. The number of urea groups is 1. The monoisotopic (exact) mass is 589 g/mol. The van der Waals surface area contributed by atoms with Crippen LogP contribution in [0.1, 0.15) is 23.1 Å². The summed E-state index contributed by atoms with van der Waals surface area (Å²) >= 11 is 0. The van der Waals surface area contributed by atoms with Crippen LogP contribution < -0.4 is 21.1 Å². The van der Waals surface area contributed by atoms with Crippen molar-refractivity contribution in [3.63, 3.8) is 0 Å². The van der Waals surface area contributed by atoms with Gasteiger partial charge in [0.2, 0.25) is 17.7 Å². The normalized spacial score (nSPS) is 15.1. The summed E-state index contributed by atoms with van der Waals surface area (Å²) in [5.41, 5.74) is 10.9. The Kier molecular flexibility index (Phi) is 9.45. The number of rotatable bonds is 10. The zero-order chi connectivity index (χ0) is 31.4. The van der Waals surface area contributed by atoms with Crippen molar-refractivity contribution < 1.29 is 28.3 Å². The predicted octanol–water partition coefficient (Wildman–Crippen LogP) is 3.83. The van der Waals surface area contributed by atoms with E-state index in [-0.39, 0.29) is 19.5 Å². The maximum absolute atomic E-state index is 15.3. The van der Waals surface area contributed by atoms with Crippen LogP contribution in [-0.4, -0.2) is 67.8 Å². The van der Waals surface area contributed by atoms with Crippen molar-refractivity contribution in [1.29, 1.82) is 0 Å². The summed E-state index contributed by atoms with van der Waals surface area (Å²) in [5, 5.41) is 5.89. The van der Waals surface area contributed by atoms with Gasteiger partial charge in [0.15, 0.2) is 0 Å². The van der Waals surface area contributed by atoms with Crippen LogP contribution in [0.25, 0.3) is 22.3 Å². The number of ether oxygens (including phenoxy) is 1. The SMILES string of the molecule is COc1cc(-c2cccc(-c3cccc(NC(=O)C4CN(C)C(=O)N(C)C4=O)c3C)c2C)cc(F)c1CNCCC(N)=O. The van der Waals surface area contributed by atoms with Crippen LogP contribution in [0, 0.1) is 25.6 Å². The number of methoxy groups -OCH3 is 1. The molecule has 0 radical (unpaired) electrons. The molecule has 11 heteroatoms. The molecule has 1 unspecified atom stereocenters. The first-order chi connectivity index (χ1) is 20.4. The van der Waals surface area contributed by atoms with Crippen LogP contribution >= 0.6 is 0 Å². The minimum atomic E-state index is -1.02. The van der Waals surface area contributed by atoms with Gasteiger partial charge in [-0.3, -0.25) is 19.3 Å². The zero-order valence-corrected chi connectivity index (χ0v) is 24.9. The van der Waals surface area contributed by atoms with Crippen molar-refractivity contribution in [2.75, 3.05) is 39.6 Å². The molecule has 1 aliphatic heterocycles. The molecule has 1 heterocycles. The maximum Gasteiger partial charge on any atom is 0.326 e. The maximum atomic E-state index is 15.3. The number of amides is 5. The lowest BCUT2D eigenvalue weighted by Gasteiger charge is -2.33. The Balaban J connectivity index is 1.62. The molecule has 1 saturated heterocycles. The summed E-state index contributed by atoms with van der Waals surface area (Å²) in [6.45, 7) is 4.32. The summed E-state index contributed by atoms with van der Waals surface area (Å²) in [4.78, 5) is 51.2. The smallest absolute Gasteiger partial charge is 0.326 e. The molecule has 226 valence electrons. The third kappa shape index (κ3) is 6.51. The van der Waals surface area contributed by atoms with E-state index in [1.54, 1.807) is 19.2 Å². The fourth-order valence-corrected chi connectivity index (χ4v) is 5.28. The lowest BCUT2D eigenvalue weighted by molar-refractivity contribution is -0.140. The van der Waals surface area contributed by atoms with E-state index in [1.165, 1.54) is 25.1 Å². The Hall–Kier alpha value is -4.77. The molecule has 0 aromatic heterocycles. The quantitative estimate of drug-likeness (QED) is 0.243. The highest BCUT2D eigenvalue weighted by Gasteiger charge is 2.39. The van der Waals surface area contributed by atoms with E-state index >= 15 is 4.39 Å². The van der Waals surface area contributed by atoms with E-state index in [2.05, 4.69) is 10.6 Å². The summed E-state index contributed by atoms with van der Waals surface area (Å²) < 4.78 is 20.8. The largest absolute Gasteiger partial charge is 0.496 e. The van der Waals surface area contributed by atoms with Crippen molar-refractivity contribution in [3.05, 3.63) is 71.0 Å². The van der Waals surface area contributed by atoms with Gasteiger partial charge >= 0.3 is 6.03 Å². The van der Waals surface area contributed by atoms with Gasteiger partial charge in [-0.25, -0.2) is 9.18 Å². The number of halogens is 1. The standard InChI is InChI=1S/C32H36FN5O5/c1-18-21(20-14-26(33)24(28(15-20)43-5)16-35-13-12-29(34)39)8-6-9-22(18)23-10-7-11-27(19(23)2)36-30(40)25-17-37(3)32(42)38(4)31(25)41/h6-11,14-15,25,35H,12-13,16-17H2,1-5H3,(H2,34,39)(H,36,40). The van der Waals surface area contributed by atoms with Gasteiger partial charge in [0.25, 0.3) is 0 Å². The second-order valence-corrected chi connectivity index (χ2v) is 10.6. The third-order valence-corrected chi connectivity index (χ3v) is 7.77. The number of anilines is 1. The molecule has 4 N–H and O–H groups in total. The van der Waals surface area contributed by atoms with Crippen LogP contribution in [-0.2, 0) is 20.9 Å². The van der Waals surface area contributed by atoms with Gasteiger partial charge < -0.3 is 26.0 Å². The molecule has 0 saturated carbocycles. The average Bonchev–Trinajstić information content (AvgIpc) is 2.97. The molecule has 1 atom stereocenters. The number of primary amides is 1. The number of nitrogens with two attached hydrogens (primary N) is 1. The van der Waals surface area contributed by atoms with Crippen molar-refractivity contribution in [1.82, 2.24) is 15.1 Å². The number of imide groups is 1. The molecule has 0 aliphatic carbocycles. The first kappa shape index (κ1) is 31.2. The molecule has 0 bridgehead atoms. The highest BCUT2D eigenvalue weighted by atomic mass is 19.1. The summed E-state index contributed by atoms with van der Waals surface area (Å²) in [7, 11) is 4.39. The number of carbonyl (C=O) groups is 4. The predicted molar refractivity (Wildman–Crippen MR) is 162 cm³/mol. The van der Waals surface area contributed by atoms with E-state index < -0.39 is 35.5 Å². The van der Waals surface area contributed by atoms with Crippen LogP contribution in [0.5, 0.6) is 5.75 Å². The number of hydrogen-bond donors (Lipinski definition) is 3. The van der Waals surface area contributed by atoms with Gasteiger partial charge in [-0.2, -0.15) is 0 Å². The van der Waals surface area contributed by atoms with E-state index in [4.69, 9.17) is 10.5 Å². The third-order valence-electron chi connectivity index (χ3n) is 7.77. The van der Waals surface area contributed by atoms with E-state index in [1.807, 2.05) is 44.2 Å². The molecule has 4 rings (SSSR count). The van der Waals surface area contributed by atoms with Gasteiger partial charge in [0.05, 0.1) is 7.11 Å². The topological polar surface area (TPSA) is 134 Å². The lowest BCUT2D eigenvalue weighted by atomic mass is 9.90. The van der Waals surface area contributed by atoms with Crippen LogP contribution in [0.4, 0.5) is 14.9 Å². The molecular formula is C32H36FN5O5. The van der Waals surface area contributed by atoms with Crippen molar-refractivity contribution in [2.45, 2.75) is 26.8 Å². The van der Waals surface area contributed by atoms with Crippen LogP contribution in [0.3, 0.4) is 0 Å². The van der Waals surface area contributed by atoms with Crippen LogP contribution in [0.2, 0.25) is 0 Å². The minimum absolute atomic E-state index is 0.00399. The Bertz CT molecular complexity index is 1590.